The molecule has 10 heteroatoms. The molecular weight excluding hydrogens is 452 g/mol. The number of methoxy groups -OCH3 is 2. The van der Waals surface area contributed by atoms with Crippen molar-refractivity contribution in [2.45, 2.75) is 34.0 Å². The van der Waals surface area contributed by atoms with Crippen LogP contribution in [0.3, 0.4) is 0 Å². The summed E-state index contributed by atoms with van der Waals surface area (Å²) in [6.07, 6.45) is 5.36. The first-order valence-corrected chi connectivity index (χ1v) is 10.6. The highest BCUT2D eigenvalue weighted by Crippen LogP contribution is 2.27. The van der Waals surface area contributed by atoms with E-state index in [2.05, 4.69) is 22.7 Å². The molecule has 0 aliphatic carbocycles. The van der Waals surface area contributed by atoms with E-state index in [0.29, 0.717) is 17.1 Å². The van der Waals surface area contributed by atoms with Crippen molar-refractivity contribution in [3.8, 4) is 35.7 Å². The average Bonchev–Trinajstić information content (AvgIpc) is 3.15. The minimum Gasteiger partial charge on any atom is -0.493 e. The number of benzene rings is 1. The lowest BCUT2D eigenvalue weighted by Gasteiger charge is -2.17. The largest absolute Gasteiger partial charge is 0.493 e. The van der Waals surface area contributed by atoms with Crippen LogP contribution in [0.1, 0.15) is 32.2 Å². The molecule has 0 spiro atoms. The number of ether oxygens (including phenoxy) is 3. The van der Waals surface area contributed by atoms with E-state index >= 15 is 0 Å². The number of nitrogens with zero attached hydrogens (tertiary/aromatic N) is 4. The summed E-state index contributed by atoms with van der Waals surface area (Å²) in [6, 6.07) is 5.17. The van der Waals surface area contributed by atoms with E-state index in [1.807, 2.05) is 0 Å². The van der Waals surface area contributed by atoms with E-state index in [-0.39, 0.29) is 23.5 Å². The van der Waals surface area contributed by atoms with Gasteiger partial charge < -0.3 is 18.8 Å². The third-order valence-electron chi connectivity index (χ3n) is 5.13. The Kier molecular flexibility index (Phi) is 7.06. The molecule has 2 heterocycles. The molecule has 10 nitrogen and oxygen atoms in total. The van der Waals surface area contributed by atoms with Crippen molar-refractivity contribution >= 4 is 17.1 Å². The Balaban J connectivity index is 2.16. The molecule has 0 saturated heterocycles. The molecule has 0 bridgehead atoms. The molecule has 0 saturated carbocycles. The van der Waals surface area contributed by atoms with Crippen LogP contribution in [0, 0.1) is 29.6 Å². The minimum absolute atomic E-state index is 0.0362. The zero-order valence-corrected chi connectivity index (χ0v) is 20.5. The van der Waals surface area contributed by atoms with Gasteiger partial charge in [0.05, 0.1) is 26.2 Å². The Hall–Kier alpha value is -4.44. The molecule has 3 aromatic rings. The summed E-state index contributed by atoms with van der Waals surface area (Å²) >= 11 is 0. The normalized spacial score (nSPS) is 10.9. The lowest BCUT2D eigenvalue weighted by Crippen LogP contribution is -2.41. The van der Waals surface area contributed by atoms with Crippen molar-refractivity contribution in [1.82, 2.24) is 18.7 Å². The maximum Gasteiger partial charge on any atom is 0.336 e. The number of hydrogen-bond donors (Lipinski definition) is 0. The number of carbonyl (C=O) groups is 1. The summed E-state index contributed by atoms with van der Waals surface area (Å²) < 4.78 is 19.3. The number of fused-ring (bicyclic) bond motifs is 1. The lowest BCUT2D eigenvalue weighted by atomic mass is 9.98. The number of carbonyl (C=O) groups excluding carboxylic acids is 1. The van der Waals surface area contributed by atoms with Gasteiger partial charge in [0.15, 0.2) is 35.2 Å². The van der Waals surface area contributed by atoms with Crippen LogP contribution in [-0.4, -0.2) is 38.9 Å². The highest BCUT2D eigenvalue weighted by atomic mass is 16.5. The molecule has 0 aliphatic heterocycles. The Morgan fingerprint density at radius 2 is 1.77 bits per heavy atom. The highest BCUT2D eigenvalue weighted by molar-refractivity contribution is 5.75. The summed E-state index contributed by atoms with van der Waals surface area (Å²) in [6.45, 7) is 4.38. The number of terminal acetylenes is 1. The van der Waals surface area contributed by atoms with Gasteiger partial charge in [0.25, 0.3) is 5.56 Å². The monoisotopic (exact) mass is 478 g/mol. The lowest BCUT2D eigenvalue weighted by molar-refractivity contribution is -0.156. The first-order chi connectivity index (χ1) is 16.5. The summed E-state index contributed by atoms with van der Waals surface area (Å²) in [5, 5.41) is 0. The van der Waals surface area contributed by atoms with E-state index in [9.17, 15) is 14.4 Å². The third kappa shape index (κ3) is 4.92. The fourth-order valence-corrected chi connectivity index (χ4v) is 3.20. The Morgan fingerprint density at radius 1 is 1.09 bits per heavy atom. The summed E-state index contributed by atoms with van der Waals surface area (Å²) in [4.78, 5) is 42.8. The van der Waals surface area contributed by atoms with Crippen LogP contribution < -0.4 is 20.7 Å². The molecule has 0 fully saturated rings. The molecule has 2 aromatic heterocycles. The number of aromatic nitrogens is 4. The van der Waals surface area contributed by atoms with Crippen LogP contribution in [0.4, 0.5) is 0 Å². The maximum atomic E-state index is 13.1. The predicted octanol–water partition coefficient (Wildman–Crippen LogP) is 1.49. The van der Waals surface area contributed by atoms with Crippen LogP contribution in [0.5, 0.6) is 11.5 Å². The number of rotatable bonds is 5. The summed E-state index contributed by atoms with van der Waals surface area (Å²) in [5.74, 6) is 8.96. The van der Waals surface area contributed by atoms with E-state index in [4.69, 9.17) is 20.6 Å². The van der Waals surface area contributed by atoms with E-state index in [1.165, 1.54) is 18.8 Å². The fourth-order valence-electron chi connectivity index (χ4n) is 3.20. The number of aryl methyl sites for hydroxylation is 1. The van der Waals surface area contributed by atoms with Crippen LogP contribution in [0.2, 0.25) is 0 Å². The summed E-state index contributed by atoms with van der Waals surface area (Å²) in [7, 11) is 4.66. The SMILES string of the molecule is C#CCn1c(=O)c2c(nc(C#Cc3ccc(OC)c(OC)c3)n2C)n(COC(=O)C(C)(C)C)c1=O. The standard InChI is InChI=1S/C25H26N4O6/c1-8-13-28-22(30)20-21(29(24(28)32)15-35-23(31)25(2,3)4)26-19(27(20)5)12-10-16-9-11-17(33-6)18(14-16)34-7/h1,9,11,14H,13,15H2,2-7H3. The maximum absolute atomic E-state index is 13.1. The first-order valence-electron chi connectivity index (χ1n) is 10.6. The molecule has 0 amide bonds. The van der Waals surface area contributed by atoms with Crippen LogP contribution in [0.15, 0.2) is 27.8 Å². The van der Waals surface area contributed by atoms with Crippen LogP contribution >= 0.6 is 0 Å². The Bertz CT molecular complexity index is 1520. The van der Waals surface area contributed by atoms with Crippen molar-refractivity contribution in [1.29, 1.82) is 0 Å². The quantitative estimate of drug-likeness (QED) is 0.404. The Labute approximate surface area is 202 Å². The topological polar surface area (TPSA) is 107 Å². The minimum atomic E-state index is -0.782. The van der Waals surface area contributed by atoms with Gasteiger partial charge >= 0.3 is 11.7 Å². The molecule has 3 rings (SSSR count). The molecular formula is C25H26N4O6. The smallest absolute Gasteiger partial charge is 0.336 e. The molecule has 1 aromatic carbocycles. The average molecular weight is 479 g/mol. The third-order valence-corrected chi connectivity index (χ3v) is 5.13. The fraction of sp³-hybridized carbons (Fsp3) is 0.360. The van der Waals surface area contributed by atoms with Gasteiger partial charge in [-0.05, 0) is 44.9 Å². The van der Waals surface area contributed by atoms with Gasteiger partial charge in [-0.15, -0.1) is 6.42 Å². The molecule has 35 heavy (non-hydrogen) atoms. The van der Waals surface area contributed by atoms with E-state index in [1.54, 1.807) is 46.0 Å². The van der Waals surface area contributed by atoms with Gasteiger partial charge in [-0.25, -0.2) is 18.9 Å². The number of esters is 1. The second-order valence-electron chi connectivity index (χ2n) is 8.60. The van der Waals surface area contributed by atoms with Crippen molar-refractivity contribution in [3.05, 3.63) is 50.4 Å². The van der Waals surface area contributed by atoms with Crippen molar-refractivity contribution < 1.29 is 19.0 Å². The number of hydrogen-bond acceptors (Lipinski definition) is 7. The first kappa shape index (κ1) is 25.2. The molecule has 0 aliphatic rings. The Morgan fingerprint density at radius 3 is 2.37 bits per heavy atom. The second kappa shape index (κ2) is 9.82. The molecule has 182 valence electrons. The van der Waals surface area contributed by atoms with Gasteiger partial charge in [0.1, 0.15) is 0 Å². The van der Waals surface area contributed by atoms with Crippen LogP contribution in [-0.2, 0) is 29.9 Å². The molecule has 0 N–H and O–H groups in total. The highest BCUT2D eigenvalue weighted by Gasteiger charge is 2.25. The molecule has 0 unspecified atom stereocenters. The van der Waals surface area contributed by atoms with Gasteiger partial charge in [0, 0.05) is 12.6 Å². The second-order valence-corrected chi connectivity index (χ2v) is 8.60. The van der Waals surface area contributed by atoms with Crippen molar-refractivity contribution in [3.63, 3.8) is 0 Å². The molecule has 0 radical (unpaired) electrons. The zero-order chi connectivity index (χ0) is 25.9. The number of imidazole rings is 1. The van der Waals surface area contributed by atoms with Crippen LogP contribution in [0.25, 0.3) is 11.2 Å². The van der Waals surface area contributed by atoms with Gasteiger partial charge in [0.2, 0.25) is 0 Å². The van der Waals surface area contributed by atoms with Crippen molar-refractivity contribution in [2.75, 3.05) is 14.2 Å². The predicted molar refractivity (Wildman–Crippen MR) is 129 cm³/mol. The van der Waals surface area contributed by atoms with Gasteiger partial charge in [-0.2, -0.15) is 0 Å². The summed E-state index contributed by atoms with van der Waals surface area (Å²) in [5.41, 5.74) is -1.38. The molecule has 0 atom stereocenters. The van der Waals surface area contributed by atoms with Gasteiger partial charge in [-0.3, -0.25) is 9.59 Å². The van der Waals surface area contributed by atoms with E-state index in [0.717, 1.165) is 9.13 Å². The van der Waals surface area contributed by atoms with Gasteiger partial charge in [-0.1, -0.05) is 11.8 Å². The zero-order valence-electron chi connectivity index (χ0n) is 20.5. The van der Waals surface area contributed by atoms with Crippen molar-refractivity contribution in [2.24, 2.45) is 12.5 Å². The van der Waals surface area contributed by atoms with E-state index < -0.39 is 29.4 Å².